The van der Waals surface area contributed by atoms with Gasteiger partial charge in [0, 0.05) is 11.0 Å². The second-order valence-corrected chi connectivity index (χ2v) is 7.06. The van der Waals surface area contributed by atoms with Gasteiger partial charge in [0.05, 0.1) is 13.2 Å². The van der Waals surface area contributed by atoms with Crippen molar-refractivity contribution in [2.45, 2.75) is 65.2 Å². The van der Waals surface area contributed by atoms with Crippen LogP contribution in [0.25, 0.3) is 5.57 Å². The number of unbranched alkanes of at least 4 members (excludes halogenated alkanes) is 3. The van der Waals surface area contributed by atoms with Gasteiger partial charge >= 0.3 is 0 Å². The Morgan fingerprint density at radius 3 is 2.73 bits per heavy atom. The van der Waals surface area contributed by atoms with Crippen molar-refractivity contribution in [3.8, 4) is 5.75 Å². The van der Waals surface area contributed by atoms with Gasteiger partial charge in [0.15, 0.2) is 0 Å². The predicted octanol–water partition coefficient (Wildman–Crippen LogP) is 4.88. The van der Waals surface area contributed by atoms with Crippen LogP contribution in [0.1, 0.15) is 70.1 Å². The molecule has 2 rings (SSSR count). The van der Waals surface area contributed by atoms with Crippen molar-refractivity contribution in [2.75, 3.05) is 13.2 Å². The minimum atomic E-state index is 0.0724. The summed E-state index contributed by atoms with van der Waals surface area (Å²) in [5.74, 6) is 1.11. The quantitative estimate of drug-likeness (QED) is 0.728. The van der Waals surface area contributed by atoms with Crippen molar-refractivity contribution >= 4 is 5.57 Å². The Labute approximate surface area is 135 Å². The van der Waals surface area contributed by atoms with Crippen LogP contribution in [0.3, 0.4) is 0 Å². The van der Waals surface area contributed by atoms with Crippen LogP contribution in [-0.2, 0) is 11.8 Å². The van der Waals surface area contributed by atoms with E-state index in [1.807, 2.05) is 6.08 Å². The summed E-state index contributed by atoms with van der Waals surface area (Å²) in [5.41, 5.74) is 5.09. The smallest absolute Gasteiger partial charge is 0.126 e. The van der Waals surface area contributed by atoms with Crippen molar-refractivity contribution in [2.24, 2.45) is 0 Å². The predicted molar refractivity (Wildman–Crippen MR) is 93.5 cm³/mol. The first-order valence-electron chi connectivity index (χ1n) is 8.57. The van der Waals surface area contributed by atoms with Crippen LogP contribution < -0.4 is 4.74 Å². The second-order valence-electron chi connectivity index (χ2n) is 7.06. The highest BCUT2D eigenvalue weighted by atomic mass is 16.5. The van der Waals surface area contributed by atoms with Gasteiger partial charge in [-0.25, -0.2) is 0 Å². The first-order valence-corrected chi connectivity index (χ1v) is 8.57. The number of aliphatic hydroxyl groups excluding tert-OH is 1. The van der Waals surface area contributed by atoms with Crippen molar-refractivity contribution in [3.05, 3.63) is 34.9 Å². The lowest BCUT2D eigenvalue weighted by atomic mass is 9.83. The molecule has 0 bridgehead atoms. The molecule has 2 heteroatoms. The van der Waals surface area contributed by atoms with Crippen LogP contribution in [0.15, 0.2) is 18.2 Å². The average molecular weight is 302 g/mol. The molecule has 1 aliphatic rings. The summed E-state index contributed by atoms with van der Waals surface area (Å²) in [4.78, 5) is 0. The molecule has 0 unspecified atom stereocenters. The minimum Gasteiger partial charge on any atom is -0.492 e. The maximum atomic E-state index is 9.16. The van der Waals surface area contributed by atoms with Gasteiger partial charge in [0.1, 0.15) is 5.75 Å². The third kappa shape index (κ3) is 3.73. The van der Waals surface area contributed by atoms with E-state index in [-0.39, 0.29) is 12.0 Å². The van der Waals surface area contributed by atoms with E-state index in [1.165, 1.54) is 42.4 Å². The molecule has 0 spiro atoms. The lowest BCUT2D eigenvalue weighted by Crippen LogP contribution is -2.18. The topological polar surface area (TPSA) is 29.5 Å². The monoisotopic (exact) mass is 302 g/mol. The number of hydrogen-bond acceptors (Lipinski definition) is 2. The summed E-state index contributed by atoms with van der Waals surface area (Å²) < 4.78 is 6.03. The van der Waals surface area contributed by atoms with Crippen molar-refractivity contribution in [3.63, 3.8) is 0 Å². The third-order valence-corrected chi connectivity index (χ3v) is 4.62. The molecule has 0 saturated carbocycles. The summed E-state index contributed by atoms with van der Waals surface area (Å²) in [6.07, 6.45) is 8.03. The summed E-state index contributed by atoms with van der Waals surface area (Å²) in [6, 6.07) is 4.51. The fraction of sp³-hybridized carbons (Fsp3) is 0.600. The average Bonchev–Trinajstić information content (AvgIpc) is 2.79. The highest BCUT2D eigenvalue weighted by molar-refractivity contribution is 5.68. The van der Waals surface area contributed by atoms with Crippen LogP contribution in [0.4, 0.5) is 0 Å². The van der Waals surface area contributed by atoms with E-state index in [4.69, 9.17) is 9.84 Å². The molecule has 1 N–H and O–H groups in total. The highest BCUT2D eigenvalue weighted by Gasteiger charge is 2.33. The molecule has 0 amide bonds. The Balaban J connectivity index is 2.33. The van der Waals surface area contributed by atoms with Crippen molar-refractivity contribution in [1.29, 1.82) is 0 Å². The third-order valence-electron chi connectivity index (χ3n) is 4.62. The molecule has 1 heterocycles. The minimum absolute atomic E-state index is 0.0724. The van der Waals surface area contributed by atoms with Gasteiger partial charge in [-0.15, -0.1) is 0 Å². The van der Waals surface area contributed by atoms with E-state index in [9.17, 15) is 0 Å². The highest BCUT2D eigenvalue weighted by Crippen LogP contribution is 2.43. The lowest BCUT2D eigenvalue weighted by molar-refractivity contribution is 0.289. The van der Waals surface area contributed by atoms with Crippen LogP contribution in [0, 0.1) is 0 Å². The fourth-order valence-corrected chi connectivity index (χ4v) is 3.10. The normalized spacial score (nSPS) is 16.5. The zero-order chi connectivity index (χ0) is 16.2. The summed E-state index contributed by atoms with van der Waals surface area (Å²) in [6.45, 7) is 9.66. The number of fused-ring (bicyclic) bond motifs is 1. The van der Waals surface area contributed by atoms with E-state index in [0.717, 1.165) is 24.4 Å². The maximum Gasteiger partial charge on any atom is 0.126 e. The van der Waals surface area contributed by atoms with Gasteiger partial charge in [0.25, 0.3) is 0 Å². The molecule has 0 aliphatic carbocycles. The van der Waals surface area contributed by atoms with Gasteiger partial charge < -0.3 is 9.84 Å². The Hall–Kier alpha value is -1.28. The zero-order valence-corrected chi connectivity index (χ0v) is 14.5. The van der Waals surface area contributed by atoms with E-state index in [2.05, 4.69) is 39.8 Å². The molecule has 1 aromatic rings. The van der Waals surface area contributed by atoms with E-state index < -0.39 is 0 Å². The molecule has 0 radical (unpaired) electrons. The van der Waals surface area contributed by atoms with E-state index in [1.54, 1.807) is 0 Å². The number of hydrogen-bond donors (Lipinski definition) is 1. The Kier molecular flexibility index (Phi) is 5.69. The molecule has 1 aliphatic heterocycles. The molecule has 122 valence electrons. The maximum absolute atomic E-state index is 9.16. The SMILES string of the molecule is CCCCCCc1cc(/C(C)=C\CO)cc2c1OCC2(C)C. The molecule has 0 aromatic heterocycles. The standard InChI is InChI=1S/C20H30O2/c1-5-6-7-8-9-16-12-17(15(2)10-11-21)13-18-19(16)22-14-20(18,3)4/h10,12-13,21H,5-9,11,14H2,1-4H3/b15-10-. The van der Waals surface area contributed by atoms with Gasteiger partial charge in [-0.1, -0.05) is 46.1 Å². The first kappa shape index (κ1) is 17.1. The Morgan fingerprint density at radius 2 is 2.05 bits per heavy atom. The van der Waals surface area contributed by atoms with Crippen LogP contribution in [-0.4, -0.2) is 18.3 Å². The summed E-state index contributed by atoms with van der Waals surface area (Å²) in [7, 11) is 0. The van der Waals surface area contributed by atoms with Gasteiger partial charge in [-0.3, -0.25) is 0 Å². The van der Waals surface area contributed by atoms with Crippen LogP contribution >= 0.6 is 0 Å². The number of aliphatic hydroxyl groups is 1. The summed E-state index contributed by atoms with van der Waals surface area (Å²) in [5, 5.41) is 9.16. The molecule has 1 aromatic carbocycles. The van der Waals surface area contributed by atoms with Gasteiger partial charge in [0.2, 0.25) is 0 Å². The van der Waals surface area contributed by atoms with Crippen LogP contribution in [0.2, 0.25) is 0 Å². The molecular weight excluding hydrogens is 272 g/mol. The van der Waals surface area contributed by atoms with Crippen molar-refractivity contribution < 1.29 is 9.84 Å². The number of allylic oxidation sites excluding steroid dienone is 1. The zero-order valence-electron chi connectivity index (χ0n) is 14.5. The summed E-state index contributed by atoms with van der Waals surface area (Å²) >= 11 is 0. The number of ether oxygens (including phenoxy) is 1. The first-order chi connectivity index (χ1) is 10.5. The number of aryl methyl sites for hydroxylation is 1. The van der Waals surface area contributed by atoms with Crippen LogP contribution in [0.5, 0.6) is 5.75 Å². The molecule has 0 fully saturated rings. The number of benzene rings is 1. The molecule has 22 heavy (non-hydrogen) atoms. The van der Waals surface area contributed by atoms with E-state index in [0.29, 0.717) is 0 Å². The molecular formula is C20H30O2. The largest absolute Gasteiger partial charge is 0.492 e. The fourth-order valence-electron chi connectivity index (χ4n) is 3.10. The van der Waals surface area contributed by atoms with Gasteiger partial charge in [-0.05, 0) is 48.6 Å². The molecule has 0 saturated heterocycles. The Morgan fingerprint density at radius 1 is 1.27 bits per heavy atom. The van der Waals surface area contributed by atoms with Crippen molar-refractivity contribution in [1.82, 2.24) is 0 Å². The molecule has 0 atom stereocenters. The number of rotatable bonds is 7. The van der Waals surface area contributed by atoms with E-state index >= 15 is 0 Å². The van der Waals surface area contributed by atoms with Gasteiger partial charge in [-0.2, -0.15) is 0 Å². The second kappa shape index (κ2) is 7.32. The molecule has 2 nitrogen and oxygen atoms in total. The Bertz CT molecular complexity index is 541. The lowest BCUT2D eigenvalue weighted by Gasteiger charge is -2.17.